The Balaban J connectivity index is 1.33. The number of amides is 1. The van der Waals surface area contributed by atoms with Gasteiger partial charge in [0.25, 0.3) is 5.91 Å². The number of nitrogens with one attached hydrogen (secondary N) is 1. The Labute approximate surface area is 248 Å². The molecule has 0 saturated carbocycles. The van der Waals surface area contributed by atoms with Gasteiger partial charge in [-0.05, 0) is 48.5 Å². The molecule has 0 radical (unpaired) electrons. The molecular formula is C29H28F4N10O. The zero-order chi connectivity index (χ0) is 31.0. The predicted molar refractivity (Wildman–Crippen MR) is 157 cm³/mol. The van der Waals surface area contributed by atoms with Gasteiger partial charge in [0.05, 0.1) is 23.9 Å². The molecule has 3 N–H and O–H groups in total. The molecule has 44 heavy (non-hydrogen) atoms. The van der Waals surface area contributed by atoms with Crippen molar-refractivity contribution >= 4 is 29.0 Å². The minimum Gasteiger partial charge on any atom is -0.384 e. The Morgan fingerprint density at radius 1 is 1.02 bits per heavy atom. The van der Waals surface area contributed by atoms with Crippen molar-refractivity contribution in [2.45, 2.75) is 12.6 Å². The molecule has 1 aromatic carbocycles. The highest BCUT2D eigenvalue weighted by atomic mass is 19.4. The lowest BCUT2D eigenvalue weighted by molar-refractivity contribution is -0.138. The van der Waals surface area contributed by atoms with E-state index in [0.717, 1.165) is 5.82 Å². The lowest BCUT2D eigenvalue weighted by Gasteiger charge is -2.36. The number of alkyl halides is 3. The second-order valence-corrected chi connectivity index (χ2v) is 10.4. The molecule has 1 aliphatic rings. The van der Waals surface area contributed by atoms with E-state index in [1.54, 1.807) is 47.1 Å². The first-order chi connectivity index (χ1) is 21.0. The summed E-state index contributed by atoms with van der Waals surface area (Å²) in [5.74, 6) is 0.422. The quantitative estimate of drug-likeness (QED) is 0.263. The van der Waals surface area contributed by atoms with Gasteiger partial charge in [-0.3, -0.25) is 14.4 Å². The number of nitrogens with zero attached hydrogens (tertiary/aromatic N) is 8. The van der Waals surface area contributed by atoms with Crippen molar-refractivity contribution < 1.29 is 22.4 Å². The Hall–Kier alpha value is -5.05. The molecule has 1 saturated heterocycles. The van der Waals surface area contributed by atoms with Crippen molar-refractivity contribution in [3.8, 4) is 22.5 Å². The number of aryl methyl sites for hydroxylation is 1. The Bertz CT molecular complexity index is 1810. The van der Waals surface area contributed by atoms with Gasteiger partial charge in [-0.2, -0.15) is 23.4 Å². The van der Waals surface area contributed by atoms with Crippen molar-refractivity contribution in [1.82, 2.24) is 34.3 Å². The molecule has 15 heteroatoms. The van der Waals surface area contributed by atoms with Crippen LogP contribution in [0.1, 0.15) is 16.8 Å². The van der Waals surface area contributed by atoms with Gasteiger partial charge in [0, 0.05) is 57.1 Å². The summed E-state index contributed by atoms with van der Waals surface area (Å²) in [4.78, 5) is 24.9. The molecule has 4 aromatic heterocycles. The maximum atomic E-state index is 13.8. The second kappa shape index (κ2) is 11.6. The third kappa shape index (κ3) is 6.17. The first-order valence-electron chi connectivity index (χ1n) is 13.8. The first kappa shape index (κ1) is 29.0. The number of aromatic nitrogens is 6. The zero-order valence-electron chi connectivity index (χ0n) is 23.6. The van der Waals surface area contributed by atoms with E-state index in [4.69, 9.17) is 15.9 Å². The van der Waals surface area contributed by atoms with Crippen LogP contribution in [-0.4, -0.2) is 79.1 Å². The Morgan fingerprint density at radius 3 is 2.48 bits per heavy atom. The molecule has 228 valence electrons. The van der Waals surface area contributed by atoms with Gasteiger partial charge in [0.1, 0.15) is 23.1 Å². The zero-order valence-corrected chi connectivity index (χ0v) is 23.6. The van der Waals surface area contributed by atoms with E-state index in [1.165, 1.54) is 35.0 Å². The molecule has 5 heterocycles. The number of imidazole rings is 1. The van der Waals surface area contributed by atoms with Crippen LogP contribution >= 0.6 is 0 Å². The molecule has 0 aliphatic carbocycles. The van der Waals surface area contributed by atoms with E-state index in [2.05, 4.69) is 20.2 Å². The molecule has 0 unspecified atom stereocenters. The van der Waals surface area contributed by atoms with Crippen molar-refractivity contribution in [1.29, 1.82) is 0 Å². The second-order valence-electron chi connectivity index (χ2n) is 10.4. The number of hydrogen-bond donors (Lipinski definition) is 2. The van der Waals surface area contributed by atoms with Gasteiger partial charge in [0.15, 0.2) is 11.5 Å². The van der Waals surface area contributed by atoms with Crippen LogP contribution in [0.2, 0.25) is 0 Å². The van der Waals surface area contributed by atoms with E-state index >= 15 is 0 Å². The Morgan fingerprint density at radius 2 is 1.77 bits per heavy atom. The van der Waals surface area contributed by atoms with Gasteiger partial charge in [0.2, 0.25) is 0 Å². The lowest BCUT2D eigenvalue weighted by atomic mass is 10.0. The monoisotopic (exact) mass is 608 g/mol. The van der Waals surface area contributed by atoms with Crippen LogP contribution in [-0.2, 0) is 7.05 Å². The van der Waals surface area contributed by atoms with E-state index in [0.29, 0.717) is 59.9 Å². The third-order valence-corrected chi connectivity index (χ3v) is 7.38. The summed E-state index contributed by atoms with van der Waals surface area (Å²) >= 11 is 0. The number of halogens is 4. The molecule has 5 aromatic rings. The molecule has 6 rings (SSSR count). The minimum atomic E-state index is -4.20. The SMILES string of the molecule is Cn1nc(-c2ccc(F)cc2)c(-c2ccc3nc(NC(=O)c4ccnc(N)c4)cn3n2)c1N1CCN(CCC(F)(F)F)CC1. The Kier molecular flexibility index (Phi) is 7.63. The standard InChI is InChI=1S/C29H28F4N10O/c1-40-28(42-14-12-41(13-15-42)11-9-29(31,32)33)25(26(39-40)18-2-4-20(30)5-3-18)21-6-7-24-36-23(17-43(24)38-21)37-27(44)19-8-10-35-22(34)16-19/h2-8,10,16-17H,9,11-15H2,1H3,(H2,34,35)(H,37,44). The highest BCUT2D eigenvalue weighted by molar-refractivity contribution is 6.04. The molecule has 11 nitrogen and oxygen atoms in total. The van der Waals surface area contributed by atoms with Crippen molar-refractivity contribution in [3.05, 3.63) is 72.3 Å². The van der Waals surface area contributed by atoms with Crippen molar-refractivity contribution in [2.24, 2.45) is 7.05 Å². The average Bonchev–Trinajstić information content (AvgIpc) is 3.55. The fourth-order valence-corrected chi connectivity index (χ4v) is 5.25. The normalized spacial score (nSPS) is 14.3. The van der Waals surface area contributed by atoms with Gasteiger partial charge < -0.3 is 16.0 Å². The number of fused-ring (bicyclic) bond motifs is 1. The van der Waals surface area contributed by atoms with Crippen molar-refractivity contribution in [2.75, 3.05) is 48.7 Å². The predicted octanol–water partition coefficient (Wildman–Crippen LogP) is 4.24. The number of nitrogens with two attached hydrogens (primary N) is 1. The molecule has 1 fully saturated rings. The first-order valence-corrected chi connectivity index (χ1v) is 13.8. The maximum Gasteiger partial charge on any atom is 0.390 e. The number of benzene rings is 1. The van der Waals surface area contributed by atoms with E-state index in [1.807, 2.05) is 0 Å². The van der Waals surface area contributed by atoms with Gasteiger partial charge >= 0.3 is 6.18 Å². The number of nitrogen functional groups attached to an aromatic ring is 1. The third-order valence-electron chi connectivity index (χ3n) is 7.38. The topological polar surface area (TPSA) is 122 Å². The molecule has 1 amide bonds. The molecule has 0 spiro atoms. The minimum absolute atomic E-state index is 0.0529. The maximum absolute atomic E-state index is 13.8. The number of pyridine rings is 1. The van der Waals surface area contributed by atoms with Gasteiger partial charge in [-0.15, -0.1) is 0 Å². The lowest BCUT2D eigenvalue weighted by Crippen LogP contribution is -2.47. The van der Waals surface area contributed by atoms with Crippen LogP contribution in [0, 0.1) is 5.82 Å². The average molecular weight is 609 g/mol. The van der Waals surface area contributed by atoms with Crippen molar-refractivity contribution in [3.63, 3.8) is 0 Å². The molecular weight excluding hydrogens is 580 g/mol. The molecule has 0 atom stereocenters. The number of hydrogen-bond acceptors (Lipinski definition) is 8. The summed E-state index contributed by atoms with van der Waals surface area (Å²) in [6.45, 7) is 1.81. The summed E-state index contributed by atoms with van der Waals surface area (Å²) in [6, 6.07) is 12.5. The van der Waals surface area contributed by atoms with Crippen LogP contribution in [0.3, 0.4) is 0 Å². The molecule has 0 bridgehead atoms. The fourth-order valence-electron chi connectivity index (χ4n) is 5.25. The summed E-state index contributed by atoms with van der Waals surface area (Å²) < 4.78 is 55.4. The molecule has 1 aliphatic heterocycles. The smallest absolute Gasteiger partial charge is 0.384 e. The van der Waals surface area contributed by atoms with Crippen LogP contribution < -0.4 is 16.0 Å². The number of rotatable bonds is 7. The van der Waals surface area contributed by atoms with E-state index < -0.39 is 18.5 Å². The van der Waals surface area contributed by atoms with E-state index in [9.17, 15) is 22.4 Å². The summed E-state index contributed by atoms with van der Waals surface area (Å²) in [5.41, 5.74) is 8.95. The number of piperazine rings is 1. The summed E-state index contributed by atoms with van der Waals surface area (Å²) in [7, 11) is 1.79. The highest BCUT2D eigenvalue weighted by Gasteiger charge is 2.31. The van der Waals surface area contributed by atoms with Crippen LogP contribution in [0.15, 0.2) is 60.9 Å². The fraction of sp³-hybridized carbons (Fsp3) is 0.276. The van der Waals surface area contributed by atoms with E-state index in [-0.39, 0.29) is 24.0 Å². The number of anilines is 3. The highest BCUT2D eigenvalue weighted by Crippen LogP contribution is 2.39. The van der Waals surface area contributed by atoms with Crippen LogP contribution in [0.25, 0.3) is 28.2 Å². The summed E-state index contributed by atoms with van der Waals surface area (Å²) in [6.07, 6.45) is -2.04. The van der Waals surface area contributed by atoms with Gasteiger partial charge in [-0.25, -0.2) is 18.9 Å². The summed E-state index contributed by atoms with van der Waals surface area (Å²) in [5, 5.41) is 12.3. The van der Waals surface area contributed by atoms with Gasteiger partial charge in [-0.1, -0.05) is 0 Å². The van der Waals surface area contributed by atoms with Crippen LogP contribution in [0.5, 0.6) is 0 Å². The number of carbonyl (C=O) groups is 1. The number of carbonyl (C=O) groups excluding carboxylic acids is 1. The van der Waals surface area contributed by atoms with Crippen LogP contribution in [0.4, 0.5) is 35.0 Å². The largest absolute Gasteiger partial charge is 0.390 e.